The monoisotopic (exact) mass is 459 g/mol. The molecule has 5 aromatic carbocycles. The zero-order valence-corrected chi connectivity index (χ0v) is 19.5. The Labute approximate surface area is 208 Å². The molecular formula is C33H21N3. The molecule has 0 aliphatic heterocycles. The van der Waals surface area contributed by atoms with Gasteiger partial charge in [0.15, 0.2) is 5.82 Å². The van der Waals surface area contributed by atoms with E-state index < -0.39 is 0 Å². The lowest BCUT2D eigenvalue weighted by atomic mass is 10.00. The Kier molecular flexibility index (Phi) is 4.78. The molecule has 7 aromatic rings. The van der Waals surface area contributed by atoms with Gasteiger partial charge in [0.2, 0.25) is 0 Å². The molecule has 0 saturated carbocycles. The number of para-hydroxylation sites is 1. The summed E-state index contributed by atoms with van der Waals surface area (Å²) in [5, 5.41) is 4.62. The van der Waals surface area contributed by atoms with E-state index in [1.54, 1.807) is 0 Å². The summed E-state index contributed by atoms with van der Waals surface area (Å²) >= 11 is 0. The maximum Gasteiger partial charge on any atom is 0.160 e. The van der Waals surface area contributed by atoms with Crippen LogP contribution in [0.25, 0.3) is 66.4 Å². The Morgan fingerprint density at radius 3 is 1.97 bits per heavy atom. The lowest BCUT2D eigenvalue weighted by Crippen LogP contribution is -1.95. The first kappa shape index (κ1) is 20.5. The van der Waals surface area contributed by atoms with Crippen LogP contribution >= 0.6 is 0 Å². The zero-order valence-electron chi connectivity index (χ0n) is 19.5. The van der Waals surface area contributed by atoms with Gasteiger partial charge < -0.3 is 0 Å². The van der Waals surface area contributed by atoms with Gasteiger partial charge >= 0.3 is 0 Å². The fraction of sp³-hybridized carbons (Fsp3) is 0. The summed E-state index contributed by atoms with van der Waals surface area (Å²) in [7, 11) is 0. The first-order valence-electron chi connectivity index (χ1n) is 12.0. The van der Waals surface area contributed by atoms with Gasteiger partial charge in [-0.2, -0.15) is 0 Å². The minimum Gasteiger partial charge on any atom is -0.256 e. The highest BCUT2D eigenvalue weighted by Gasteiger charge is 2.11. The third-order valence-electron chi connectivity index (χ3n) is 6.72. The van der Waals surface area contributed by atoms with E-state index in [0.29, 0.717) is 0 Å². The molecule has 0 bridgehead atoms. The summed E-state index contributed by atoms with van der Waals surface area (Å²) in [6.45, 7) is 0. The van der Waals surface area contributed by atoms with Crippen LogP contribution < -0.4 is 0 Å². The normalized spacial score (nSPS) is 11.3. The fourth-order valence-corrected chi connectivity index (χ4v) is 4.87. The highest BCUT2D eigenvalue weighted by Crippen LogP contribution is 2.31. The van der Waals surface area contributed by atoms with E-state index in [1.165, 1.54) is 10.8 Å². The quantitative estimate of drug-likeness (QED) is 0.249. The number of nitrogens with zero attached hydrogens (tertiary/aromatic N) is 3. The first-order chi connectivity index (χ1) is 17.8. The standard InChI is InChI=1S/C33H21N3/c1-2-8-23(9-3-1)32-29-12-6-7-13-30(29)35-33(36-32)24-16-14-22(15-17-24)25-18-19-28-27-11-5-4-10-26(27)21-34-31(28)20-25/h1-21H. The van der Waals surface area contributed by atoms with Crippen molar-refractivity contribution in [3.8, 4) is 33.8 Å². The zero-order chi connectivity index (χ0) is 23.9. The first-order valence-corrected chi connectivity index (χ1v) is 12.0. The molecule has 3 heteroatoms. The van der Waals surface area contributed by atoms with Crippen molar-refractivity contribution in [2.45, 2.75) is 0 Å². The third-order valence-corrected chi connectivity index (χ3v) is 6.72. The molecule has 0 unspecified atom stereocenters. The summed E-state index contributed by atoms with van der Waals surface area (Å²) in [5.41, 5.74) is 7.25. The van der Waals surface area contributed by atoms with Gasteiger partial charge in [0.1, 0.15) is 0 Å². The smallest absolute Gasteiger partial charge is 0.160 e. The Morgan fingerprint density at radius 2 is 1.11 bits per heavy atom. The molecule has 0 atom stereocenters. The number of pyridine rings is 1. The van der Waals surface area contributed by atoms with E-state index in [2.05, 4.69) is 78.9 Å². The number of benzene rings is 5. The molecule has 2 heterocycles. The molecule has 0 fully saturated rings. The predicted molar refractivity (Wildman–Crippen MR) is 149 cm³/mol. The lowest BCUT2D eigenvalue weighted by molar-refractivity contribution is 1.23. The Hall–Kier alpha value is -4.89. The van der Waals surface area contributed by atoms with Crippen LogP contribution in [0.5, 0.6) is 0 Å². The van der Waals surface area contributed by atoms with Gasteiger partial charge in [-0.3, -0.25) is 4.98 Å². The lowest BCUT2D eigenvalue weighted by Gasteiger charge is -2.10. The predicted octanol–water partition coefficient (Wildman–Crippen LogP) is 8.33. The number of rotatable bonds is 3. The second kappa shape index (κ2) is 8.40. The molecule has 0 spiro atoms. The summed E-state index contributed by atoms with van der Waals surface area (Å²) in [6, 6.07) is 41.9. The third kappa shape index (κ3) is 3.50. The molecule has 0 aliphatic carbocycles. The van der Waals surface area contributed by atoms with E-state index in [9.17, 15) is 0 Å². The van der Waals surface area contributed by atoms with Crippen molar-refractivity contribution < 1.29 is 0 Å². The van der Waals surface area contributed by atoms with Gasteiger partial charge in [-0.25, -0.2) is 9.97 Å². The highest BCUT2D eigenvalue weighted by atomic mass is 14.9. The average Bonchev–Trinajstić information content (AvgIpc) is 2.97. The molecular weight excluding hydrogens is 438 g/mol. The molecule has 0 saturated heterocycles. The summed E-state index contributed by atoms with van der Waals surface area (Å²) in [6.07, 6.45) is 1.95. The van der Waals surface area contributed by atoms with Crippen molar-refractivity contribution >= 4 is 32.6 Å². The van der Waals surface area contributed by atoms with Crippen molar-refractivity contribution in [1.29, 1.82) is 0 Å². The summed E-state index contributed by atoms with van der Waals surface area (Å²) < 4.78 is 0. The van der Waals surface area contributed by atoms with Crippen molar-refractivity contribution in [1.82, 2.24) is 15.0 Å². The number of fused-ring (bicyclic) bond motifs is 4. The van der Waals surface area contributed by atoms with Crippen LogP contribution in [0.3, 0.4) is 0 Å². The van der Waals surface area contributed by atoms with Crippen molar-refractivity contribution in [3.05, 3.63) is 128 Å². The van der Waals surface area contributed by atoms with E-state index in [4.69, 9.17) is 15.0 Å². The van der Waals surface area contributed by atoms with Crippen molar-refractivity contribution in [3.63, 3.8) is 0 Å². The largest absolute Gasteiger partial charge is 0.256 e. The molecule has 3 nitrogen and oxygen atoms in total. The SMILES string of the molecule is c1ccc(-c2nc(-c3ccc(-c4ccc5c(c4)ncc4ccccc45)cc3)nc3ccccc23)cc1. The molecule has 0 N–H and O–H groups in total. The second-order valence-electron chi connectivity index (χ2n) is 8.93. The topological polar surface area (TPSA) is 38.7 Å². The molecule has 0 amide bonds. The molecule has 36 heavy (non-hydrogen) atoms. The van der Waals surface area contributed by atoms with Gasteiger partial charge in [-0.05, 0) is 28.6 Å². The van der Waals surface area contributed by atoms with Gasteiger partial charge in [-0.15, -0.1) is 0 Å². The minimum absolute atomic E-state index is 0.728. The van der Waals surface area contributed by atoms with Crippen LogP contribution in [-0.2, 0) is 0 Å². The van der Waals surface area contributed by atoms with Gasteiger partial charge in [0.05, 0.1) is 16.7 Å². The van der Waals surface area contributed by atoms with E-state index >= 15 is 0 Å². The number of aromatic nitrogens is 3. The fourth-order valence-electron chi connectivity index (χ4n) is 4.87. The van der Waals surface area contributed by atoms with Crippen LogP contribution in [0.15, 0.2) is 128 Å². The highest BCUT2D eigenvalue weighted by molar-refractivity contribution is 6.06. The van der Waals surface area contributed by atoms with E-state index in [1.807, 2.05) is 48.7 Å². The van der Waals surface area contributed by atoms with Crippen molar-refractivity contribution in [2.24, 2.45) is 0 Å². The molecule has 0 aliphatic rings. The maximum atomic E-state index is 4.99. The van der Waals surface area contributed by atoms with Crippen molar-refractivity contribution in [2.75, 3.05) is 0 Å². The molecule has 168 valence electrons. The van der Waals surface area contributed by atoms with Crippen LogP contribution in [-0.4, -0.2) is 15.0 Å². The van der Waals surface area contributed by atoms with Crippen LogP contribution in [0, 0.1) is 0 Å². The van der Waals surface area contributed by atoms with Gasteiger partial charge in [0, 0.05) is 33.5 Å². The second-order valence-corrected chi connectivity index (χ2v) is 8.93. The van der Waals surface area contributed by atoms with Gasteiger partial charge in [0.25, 0.3) is 0 Å². The van der Waals surface area contributed by atoms with E-state index in [-0.39, 0.29) is 0 Å². The Balaban J connectivity index is 1.30. The Bertz CT molecular complexity index is 1870. The summed E-state index contributed by atoms with van der Waals surface area (Å²) in [4.78, 5) is 14.6. The van der Waals surface area contributed by atoms with Crippen LogP contribution in [0.2, 0.25) is 0 Å². The molecule has 0 radical (unpaired) electrons. The number of hydrogen-bond donors (Lipinski definition) is 0. The average molecular weight is 460 g/mol. The minimum atomic E-state index is 0.728. The molecule has 2 aromatic heterocycles. The number of hydrogen-bond acceptors (Lipinski definition) is 3. The summed E-state index contributed by atoms with van der Waals surface area (Å²) in [5.74, 6) is 0.728. The van der Waals surface area contributed by atoms with Gasteiger partial charge in [-0.1, -0.05) is 109 Å². The Morgan fingerprint density at radius 1 is 0.417 bits per heavy atom. The van der Waals surface area contributed by atoms with E-state index in [0.717, 1.165) is 55.6 Å². The van der Waals surface area contributed by atoms with Crippen LogP contribution in [0.4, 0.5) is 0 Å². The maximum absolute atomic E-state index is 4.99. The van der Waals surface area contributed by atoms with Crippen LogP contribution in [0.1, 0.15) is 0 Å². The molecule has 7 rings (SSSR count).